The van der Waals surface area contributed by atoms with Crippen molar-refractivity contribution in [2.45, 2.75) is 30.9 Å². The van der Waals surface area contributed by atoms with Gasteiger partial charge in [0.1, 0.15) is 5.82 Å². The van der Waals surface area contributed by atoms with Gasteiger partial charge in [0, 0.05) is 12.3 Å². The van der Waals surface area contributed by atoms with Crippen LogP contribution >= 0.6 is 0 Å². The third-order valence-corrected chi connectivity index (χ3v) is 5.26. The van der Waals surface area contributed by atoms with Gasteiger partial charge in [-0.25, -0.2) is 14.6 Å². The van der Waals surface area contributed by atoms with E-state index in [1.807, 2.05) is 30.3 Å². The number of amides is 3. The predicted molar refractivity (Wildman–Crippen MR) is 110 cm³/mol. The van der Waals surface area contributed by atoms with Crippen LogP contribution in [0.2, 0.25) is 0 Å². The Bertz CT molecular complexity index is 1060. The highest BCUT2D eigenvalue weighted by molar-refractivity contribution is 5.98. The average Bonchev–Trinajstić information content (AvgIpc) is 3.12. The van der Waals surface area contributed by atoms with Crippen LogP contribution in [-0.4, -0.2) is 45.1 Å². The molecule has 5 N–H and O–H groups in total. The van der Waals surface area contributed by atoms with Gasteiger partial charge in [0.15, 0.2) is 5.82 Å². The van der Waals surface area contributed by atoms with Crippen molar-refractivity contribution in [3.63, 3.8) is 0 Å². The molecule has 1 fully saturated rings. The molecule has 1 aliphatic carbocycles. The highest BCUT2D eigenvalue weighted by atomic mass is 16.5. The zero-order chi connectivity index (χ0) is 21.1. The van der Waals surface area contributed by atoms with E-state index >= 15 is 0 Å². The third-order valence-electron chi connectivity index (χ3n) is 5.26. The van der Waals surface area contributed by atoms with E-state index in [0.717, 1.165) is 12.0 Å². The number of aromatic nitrogens is 3. The minimum absolute atomic E-state index is 0.275. The number of nitrogens with one attached hydrogen (secondary N) is 4. The van der Waals surface area contributed by atoms with Gasteiger partial charge in [0.2, 0.25) is 0 Å². The summed E-state index contributed by atoms with van der Waals surface area (Å²) in [5, 5.41) is 26.2. The highest BCUT2D eigenvalue weighted by Gasteiger charge is 2.43. The van der Waals surface area contributed by atoms with Crippen LogP contribution in [-0.2, 0) is 4.74 Å². The van der Waals surface area contributed by atoms with Crippen molar-refractivity contribution in [2.24, 2.45) is 0 Å². The maximum atomic E-state index is 12.6. The Labute approximate surface area is 172 Å². The maximum Gasteiger partial charge on any atom is 0.412 e. The molecule has 10 nitrogen and oxygen atoms in total. The van der Waals surface area contributed by atoms with Crippen molar-refractivity contribution in [2.75, 3.05) is 17.7 Å². The molecule has 3 aromatic rings. The largest absolute Gasteiger partial charge is 0.453 e. The summed E-state index contributed by atoms with van der Waals surface area (Å²) >= 11 is 0. The van der Waals surface area contributed by atoms with Crippen LogP contribution in [0.3, 0.4) is 0 Å². The minimum atomic E-state index is -0.964. The monoisotopic (exact) mass is 410 g/mol. The molecule has 0 spiro atoms. The molecule has 156 valence electrons. The molecule has 1 aromatic carbocycles. The van der Waals surface area contributed by atoms with E-state index in [1.165, 1.54) is 13.3 Å². The Hall–Kier alpha value is -3.66. The van der Waals surface area contributed by atoms with E-state index in [4.69, 9.17) is 0 Å². The number of ether oxygens (including phenoxy) is 1. The smallest absolute Gasteiger partial charge is 0.412 e. The van der Waals surface area contributed by atoms with Crippen molar-refractivity contribution >= 4 is 34.7 Å². The lowest BCUT2D eigenvalue weighted by Gasteiger charge is -2.43. The van der Waals surface area contributed by atoms with Crippen molar-refractivity contribution in [3.05, 3.63) is 48.2 Å². The molecule has 1 aliphatic rings. The topological polar surface area (TPSA) is 141 Å². The quantitative estimate of drug-likeness (QED) is 0.438. The van der Waals surface area contributed by atoms with E-state index in [-0.39, 0.29) is 5.82 Å². The summed E-state index contributed by atoms with van der Waals surface area (Å²) in [6.07, 6.45) is 3.00. The number of benzene rings is 1. The van der Waals surface area contributed by atoms with Crippen molar-refractivity contribution in [1.82, 2.24) is 20.5 Å². The molecule has 1 atom stereocenters. The van der Waals surface area contributed by atoms with Gasteiger partial charge >= 0.3 is 12.1 Å². The second kappa shape index (κ2) is 7.99. The molecule has 2 heterocycles. The second-order valence-electron chi connectivity index (χ2n) is 7.20. The normalized spacial score (nSPS) is 15.7. The molecule has 0 aliphatic heterocycles. The van der Waals surface area contributed by atoms with E-state index < -0.39 is 23.8 Å². The molecule has 0 radical (unpaired) electrons. The van der Waals surface area contributed by atoms with Gasteiger partial charge in [-0.15, -0.1) is 0 Å². The van der Waals surface area contributed by atoms with Gasteiger partial charge in [-0.2, -0.15) is 5.10 Å². The highest BCUT2D eigenvalue weighted by Crippen LogP contribution is 2.42. The van der Waals surface area contributed by atoms with Crippen molar-refractivity contribution in [3.8, 4) is 0 Å². The summed E-state index contributed by atoms with van der Waals surface area (Å²) in [4.78, 5) is 28.2. The molecule has 10 heteroatoms. The number of hydrogen-bond acceptors (Lipinski definition) is 6. The summed E-state index contributed by atoms with van der Waals surface area (Å²) in [7, 11) is 1.26. The zero-order valence-electron chi connectivity index (χ0n) is 16.3. The lowest BCUT2D eigenvalue weighted by molar-refractivity contribution is -0.0627. The first-order valence-corrected chi connectivity index (χ1v) is 9.52. The van der Waals surface area contributed by atoms with Gasteiger partial charge in [-0.05, 0) is 24.8 Å². The van der Waals surface area contributed by atoms with Gasteiger partial charge in [-0.3, -0.25) is 15.7 Å². The lowest BCUT2D eigenvalue weighted by atomic mass is 9.72. The van der Waals surface area contributed by atoms with Crippen LogP contribution in [0.25, 0.3) is 10.9 Å². The first kappa shape index (κ1) is 19.6. The third kappa shape index (κ3) is 3.90. The number of anilines is 2. The molecule has 0 bridgehead atoms. The van der Waals surface area contributed by atoms with Gasteiger partial charge in [-0.1, -0.05) is 30.3 Å². The standard InChI is InChI=1S/C20H22N6O4/c1-30-19(28)24-17-13-11-21-15(10-14(13)25-26-17)22-18(27)23-16(20(29)8-5-9-20)12-6-3-2-4-7-12/h2-4,6-7,10-11,16,29H,5,8-9H2,1H3,(H2,21,22,23,27)(H2,24,25,26,28). The van der Waals surface area contributed by atoms with Gasteiger partial charge < -0.3 is 15.2 Å². The van der Waals surface area contributed by atoms with Crippen LogP contribution < -0.4 is 16.0 Å². The molecule has 4 rings (SSSR count). The number of rotatable bonds is 5. The van der Waals surface area contributed by atoms with Crippen LogP contribution in [0.15, 0.2) is 42.6 Å². The second-order valence-corrected chi connectivity index (χ2v) is 7.20. The van der Waals surface area contributed by atoms with E-state index in [1.54, 1.807) is 6.07 Å². The Morgan fingerprint density at radius 2 is 2.00 bits per heavy atom. The maximum absolute atomic E-state index is 12.6. The summed E-state index contributed by atoms with van der Waals surface area (Å²) < 4.78 is 4.55. The number of hydrogen-bond donors (Lipinski definition) is 5. The molecule has 30 heavy (non-hydrogen) atoms. The number of carbonyl (C=O) groups is 2. The lowest BCUT2D eigenvalue weighted by Crippen LogP contribution is -2.51. The number of aromatic amines is 1. The number of nitrogens with zero attached hydrogens (tertiary/aromatic N) is 2. The molecule has 3 amide bonds. The Kier molecular flexibility index (Phi) is 5.23. The Morgan fingerprint density at radius 1 is 1.23 bits per heavy atom. The number of H-pyrrole nitrogens is 1. The molecular weight excluding hydrogens is 388 g/mol. The fourth-order valence-corrected chi connectivity index (χ4v) is 3.51. The van der Waals surface area contributed by atoms with Gasteiger partial charge in [0.05, 0.1) is 29.7 Å². The summed E-state index contributed by atoms with van der Waals surface area (Å²) in [6.45, 7) is 0. The van der Waals surface area contributed by atoms with Crippen molar-refractivity contribution < 1.29 is 19.4 Å². The number of methoxy groups -OCH3 is 1. The molecular formula is C20H22N6O4. The molecule has 2 aromatic heterocycles. The predicted octanol–water partition coefficient (Wildman–Crippen LogP) is 2.91. The van der Waals surface area contributed by atoms with Crippen LogP contribution in [0.4, 0.5) is 21.2 Å². The fourth-order valence-electron chi connectivity index (χ4n) is 3.51. The summed E-state index contributed by atoms with van der Waals surface area (Å²) in [6, 6.07) is 9.98. The SMILES string of the molecule is COC(=O)Nc1n[nH]c2cc(NC(=O)NC(c3ccccc3)C3(O)CCC3)ncc12. The summed E-state index contributed by atoms with van der Waals surface area (Å²) in [5.74, 6) is 0.567. The Morgan fingerprint density at radius 3 is 2.67 bits per heavy atom. The van der Waals surface area contributed by atoms with E-state index in [9.17, 15) is 14.7 Å². The fraction of sp³-hybridized carbons (Fsp3) is 0.300. The Balaban J connectivity index is 1.48. The first-order valence-electron chi connectivity index (χ1n) is 9.52. The van der Waals surface area contributed by atoms with Crippen LogP contribution in [0.1, 0.15) is 30.9 Å². The summed E-state index contributed by atoms with van der Waals surface area (Å²) in [5.41, 5.74) is 0.447. The molecule has 1 saturated carbocycles. The van der Waals surface area contributed by atoms with Crippen LogP contribution in [0, 0.1) is 0 Å². The number of aliphatic hydroxyl groups is 1. The van der Waals surface area contributed by atoms with E-state index in [0.29, 0.717) is 29.6 Å². The number of fused-ring (bicyclic) bond motifs is 1. The molecule has 1 unspecified atom stereocenters. The average molecular weight is 410 g/mol. The van der Waals surface area contributed by atoms with Crippen molar-refractivity contribution in [1.29, 1.82) is 0 Å². The number of carbonyl (C=O) groups excluding carboxylic acids is 2. The first-order chi connectivity index (χ1) is 14.5. The number of pyridine rings is 1. The van der Waals surface area contributed by atoms with E-state index in [2.05, 4.69) is 35.9 Å². The van der Waals surface area contributed by atoms with Crippen LogP contribution in [0.5, 0.6) is 0 Å². The zero-order valence-corrected chi connectivity index (χ0v) is 16.3. The molecule has 0 saturated heterocycles. The van der Waals surface area contributed by atoms with Gasteiger partial charge in [0.25, 0.3) is 0 Å². The number of urea groups is 1. The minimum Gasteiger partial charge on any atom is -0.453 e.